The monoisotopic (exact) mass is 366 g/mol. The van der Waals surface area contributed by atoms with Gasteiger partial charge in [-0.2, -0.15) is 0 Å². The Hall–Kier alpha value is -2.82. The van der Waals surface area contributed by atoms with Gasteiger partial charge in [0.15, 0.2) is 6.61 Å². The number of rotatable bonds is 6. The second kappa shape index (κ2) is 9.21. The van der Waals surface area contributed by atoms with E-state index in [0.29, 0.717) is 23.0 Å². The van der Waals surface area contributed by atoms with Gasteiger partial charge in [-0.15, -0.1) is 0 Å². The fraction of sp³-hybridized carbons (Fsp3) is 0.364. The predicted molar refractivity (Wildman–Crippen MR) is 106 cm³/mol. The maximum atomic E-state index is 12.6. The van der Waals surface area contributed by atoms with Crippen LogP contribution in [-0.4, -0.2) is 35.9 Å². The van der Waals surface area contributed by atoms with Gasteiger partial charge in [-0.05, 0) is 49.9 Å². The summed E-state index contributed by atoms with van der Waals surface area (Å²) in [5, 5.41) is 2.85. The van der Waals surface area contributed by atoms with Crippen molar-refractivity contribution in [2.75, 3.05) is 18.5 Å². The van der Waals surface area contributed by atoms with Crippen LogP contribution in [-0.2, 0) is 4.79 Å². The molecule has 142 valence electrons. The summed E-state index contributed by atoms with van der Waals surface area (Å²) in [7, 11) is 0. The highest BCUT2D eigenvalue weighted by molar-refractivity contribution is 6.06. The Morgan fingerprint density at radius 1 is 1.07 bits per heavy atom. The van der Waals surface area contributed by atoms with Gasteiger partial charge in [0.2, 0.25) is 0 Å². The van der Waals surface area contributed by atoms with Crippen LogP contribution in [0, 0.1) is 0 Å². The Morgan fingerprint density at radius 2 is 1.81 bits per heavy atom. The number of benzene rings is 2. The van der Waals surface area contributed by atoms with Gasteiger partial charge in [-0.1, -0.05) is 37.3 Å². The molecule has 2 aromatic carbocycles. The number of likely N-dealkylation sites (tertiary alicyclic amines) is 1. The second-order valence-corrected chi connectivity index (χ2v) is 6.75. The van der Waals surface area contributed by atoms with Crippen LogP contribution in [0.25, 0.3) is 0 Å². The van der Waals surface area contributed by atoms with Crippen molar-refractivity contribution in [2.45, 2.75) is 38.6 Å². The van der Waals surface area contributed by atoms with E-state index in [-0.39, 0.29) is 18.4 Å². The first-order valence-corrected chi connectivity index (χ1v) is 9.56. The molecule has 5 nitrogen and oxygen atoms in total. The average Bonchev–Trinajstić information content (AvgIpc) is 2.73. The average molecular weight is 366 g/mol. The standard InChI is InChI=1S/C22H26N2O3/c1-2-18-12-8-9-15-24(18)21(25)16-27-20-14-7-6-13-19(20)22(26)23-17-10-4-3-5-11-17/h3-7,10-11,13-14,18H,2,8-9,12,15-16H2,1H3,(H,23,26)/t18-/m1/s1. The number of hydrogen-bond donors (Lipinski definition) is 1. The molecule has 1 atom stereocenters. The van der Waals surface area contributed by atoms with Crippen LogP contribution in [0.5, 0.6) is 5.75 Å². The number of nitrogens with one attached hydrogen (secondary N) is 1. The van der Waals surface area contributed by atoms with E-state index in [9.17, 15) is 9.59 Å². The number of anilines is 1. The van der Waals surface area contributed by atoms with E-state index < -0.39 is 0 Å². The van der Waals surface area contributed by atoms with Crippen molar-refractivity contribution >= 4 is 17.5 Å². The third-order valence-electron chi connectivity index (χ3n) is 4.93. The van der Waals surface area contributed by atoms with Crippen molar-refractivity contribution in [3.8, 4) is 5.75 Å². The quantitative estimate of drug-likeness (QED) is 0.837. The smallest absolute Gasteiger partial charge is 0.260 e. The van der Waals surface area contributed by atoms with E-state index in [2.05, 4.69) is 12.2 Å². The van der Waals surface area contributed by atoms with Crippen molar-refractivity contribution in [1.29, 1.82) is 0 Å². The number of hydrogen-bond acceptors (Lipinski definition) is 3. The number of ether oxygens (including phenoxy) is 1. The first-order chi connectivity index (χ1) is 13.2. The van der Waals surface area contributed by atoms with Gasteiger partial charge in [0.25, 0.3) is 11.8 Å². The van der Waals surface area contributed by atoms with Gasteiger partial charge >= 0.3 is 0 Å². The van der Waals surface area contributed by atoms with E-state index in [1.165, 1.54) is 6.42 Å². The van der Waals surface area contributed by atoms with Crippen LogP contribution in [0.3, 0.4) is 0 Å². The highest BCUT2D eigenvalue weighted by Gasteiger charge is 2.25. The molecule has 0 unspecified atom stereocenters. The van der Waals surface area contributed by atoms with Crippen LogP contribution >= 0.6 is 0 Å². The lowest BCUT2D eigenvalue weighted by Crippen LogP contribution is -2.45. The Balaban J connectivity index is 1.65. The van der Waals surface area contributed by atoms with Gasteiger partial charge in [0.05, 0.1) is 5.56 Å². The number of piperidine rings is 1. The molecule has 1 heterocycles. The van der Waals surface area contributed by atoms with Gasteiger partial charge in [0.1, 0.15) is 5.75 Å². The summed E-state index contributed by atoms with van der Waals surface area (Å²) < 4.78 is 5.75. The topological polar surface area (TPSA) is 58.6 Å². The summed E-state index contributed by atoms with van der Waals surface area (Å²) in [5.41, 5.74) is 1.13. The highest BCUT2D eigenvalue weighted by Crippen LogP contribution is 2.22. The molecule has 0 radical (unpaired) electrons. The summed E-state index contributed by atoms with van der Waals surface area (Å²) in [5.74, 6) is 0.151. The zero-order valence-electron chi connectivity index (χ0n) is 15.7. The minimum absolute atomic E-state index is 0.0141. The molecule has 2 amide bonds. The molecule has 0 bridgehead atoms. The fourth-order valence-corrected chi connectivity index (χ4v) is 3.48. The van der Waals surface area contributed by atoms with Gasteiger partial charge < -0.3 is 15.0 Å². The first-order valence-electron chi connectivity index (χ1n) is 9.56. The fourth-order valence-electron chi connectivity index (χ4n) is 3.48. The largest absolute Gasteiger partial charge is 0.483 e. The summed E-state index contributed by atoms with van der Waals surface area (Å²) in [6.45, 7) is 2.85. The normalized spacial score (nSPS) is 16.6. The SMILES string of the molecule is CC[C@@H]1CCCCN1C(=O)COc1ccccc1C(=O)Nc1ccccc1. The van der Waals surface area contributed by atoms with Crippen LogP contribution in [0.15, 0.2) is 54.6 Å². The first kappa shape index (κ1) is 19.0. The molecule has 1 fully saturated rings. The zero-order valence-corrected chi connectivity index (χ0v) is 15.7. The molecule has 1 aliphatic rings. The maximum absolute atomic E-state index is 12.6. The molecular weight excluding hydrogens is 340 g/mol. The molecule has 1 saturated heterocycles. The van der Waals surface area contributed by atoms with Crippen LogP contribution in [0.1, 0.15) is 43.0 Å². The molecule has 0 aromatic heterocycles. The van der Waals surface area contributed by atoms with Crippen molar-refractivity contribution in [3.05, 3.63) is 60.2 Å². The third-order valence-corrected chi connectivity index (χ3v) is 4.93. The highest BCUT2D eigenvalue weighted by atomic mass is 16.5. The number of para-hydroxylation sites is 2. The van der Waals surface area contributed by atoms with E-state index in [0.717, 1.165) is 25.8 Å². The van der Waals surface area contributed by atoms with Crippen molar-refractivity contribution < 1.29 is 14.3 Å². The molecule has 0 aliphatic carbocycles. The molecular formula is C22H26N2O3. The van der Waals surface area contributed by atoms with Crippen LogP contribution < -0.4 is 10.1 Å². The predicted octanol–water partition coefficient (Wildman–Crippen LogP) is 4.11. The van der Waals surface area contributed by atoms with E-state index in [4.69, 9.17) is 4.74 Å². The number of amides is 2. The molecule has 5 heteroatoms. The molecule has 0 saturated carbocycles. The third kappa shape index (κ3) is 4.88. The molecule has 27 heavy (non-hydrogen) atoms. The van der Waals surface area contributed by atoms with Gasteiger partial charge in [-0.25, -0.2) is 0 Å². The maximum Gasteiger partial charge on any atom is 0.260 e. The number of carbonyl (C=O) groups excluding carboxylic acids is 2. The number of carbonyl (C=O) groups is 2. The Bertz CT molecular complexity index is 776. The van der Waals surface area contributed by atoms with Crippen LogP contribution in [0.4, 0.5) is 5.69 Å². The molecule has 3 rings (SSSR count). The van der Waals surface area contributed by atoms with Crippen molar-refractivity contribution in [3.63, 3.8) is 0 Å². The zero-order chi connectivity index (χ0) is 19.1. The lowest BCUT2D eigenvalue weighted by molar-refractivity contribution is -0.137. The molecule has 1 N–H and O–H groups in total. The Morgan fingerprint density at radius 3 is 2.59 bits per heavy atom. The molecule has 1 aliphatic heterocycles. The minimum Gasteiger partial charge on any atom is -0.483 e. The summed E-state index contributed by atoms with van der Waals surface area (Å²) in [4.78, 5) is 27.1. The van der Waals surface area contributed by atoms with E-state index in [1.54, 1.807) is 24.3 Å². The lowest BCUT2D eigenvalue weighted by Gasteiger charge is -2.35. The van der Waals surface area contributed by atoms with E-state index >= 15 is 0 Å². The van der Waals surface area contributed by atoms with Crippen molar-refractivity contribution in [1.82, 2.24) is 4.90 Å². The lowest BCUT2D eigenvalue weighted by atomic mass is 10.00. The van der Waals surface area contributed by atoms with E-state index in [1.807, 2.05) is 35.2 Å². The minimum atomic E-state index is -0.256. The van der Waals surface area contributed by atoms with Gasteiger partial charge in [0, 0.05) is 18.3 Å². The van der Waals surface area contributed by atoms with Crippen molar-refractivity contribution in [2.24, 2.45) is 0 Å². The summed E-state index contributed by atoms with van der Waals surface area (Å²) in [6.07, 6.45) is 4.23. The second-order valence-electron chi connectivity index (χ2n) is 6.75. The molecule has 0 spiro atoms. The summed E-state index contributed by atoms with van der Waals surface area (Å²) in [6, 6.07) is 16.6. The number of nitrogens with zero attached hydrogens (tertiary/aromatic N) is 1. The molecule has 2 aromatic rings. The Labute approximate surface area is 160 Å². The Kier molecular flexibility index (Phi) is 6.47. The summed E-state index contributed by atoms with van der Waals surface area (Å²) >= 11 is 0. The van der Waals surface area contributed by atoms with Crippen LogP contribution in [0.2, 0.25) is 0 Å². The van der Waals surface area contributed by atoms with Gasteiger partial charge in [-0.3, -0.25) is 9.59 Å².